The molecule has 0 unspecified atom stereocenters. The van der Waals surface area contributed by atoms with E-state index < -0.39 is 17.8 Å². The standard InChI is InChI=1S/C22H21ClN4O4S/c23-18-14-5-1-2-6-16(14)32-19(18)21(29)27-15-11-12(8-9-13(15)22(30)31)20(28)26-10-4-3-7-17(24)25/h1-2,5-6,8-9,11H,3-4,7,10H2,(H3,24,25)(H,26,28)(H,27,29)(H,30,31). The Kier molecular flexibility index (Phi) is 7.45. The molecule has 1 heterocycles. The van der Waals surface area contributed by atoms with E-state index in [2.05, 4.69) is 10.6 Å². The van der Waals surface area contributed by atoms with Gasteiger partial charge in [-0.05, 0) is 37.1 Å². The summed E-state index contributed by atoms with van der Waals surface area (Å²) in [5, 5.41) is 23.0. The van der Waals surface area contributed by atoms with Crippen molar-refractivity contribution in [2.24, 2.45) is 5.73 Å². The van der Waals surface area contributed by atoms with Crippen LogP contribution in [0, 0.1) is 5.41 Å². The van der Waals surface area contributed by atoms with Gasteiger partial charge in [0.2, 0.25) is 0 Å². The molecule has 166 valence electrons. The summed E-state index contributed by atoms with van der Waals surface area (Å²) >= 11 is 7.55. The zero-order valence-corrected chi connectivity index (χ0v) is 18.5. The molecule has 0 atom stereocenters. The number of unbranched alkanes of at least 4 members (excludes halogenated alkanes) is 1. The highest BCUT2D eigenvalue weighted by atomic mass is 35.5. The topological polar surface area (TPSA) is 145 Å². The van der Waals surface area contributed by atoms with Gasteiger partial charge in [-0.3, -0.25) is 15.0 Å². The number of aromatic carboxylic acids is 1. The Bertz CT molecular complexity index is 1210. The molecular formula is C22H21ClN4O4S. The molecule has 0 fully saturated rings. The van der Waals surface area contributed by atoms with E-state index in [9.17, 15) is 19.5 Å². The smallest absolute Gasteiger partial charge is 0.337 e. The predicted molar refractivity (Wildman–Crippen MR) is 126 cm³/mol. The highest BCUT2D eigenvalue weighted by molar-refractivity contribution is 7.21. The van der Waals surface area contributed by atoms with Crippen molar-refractivity contribution in [3.05, 3.63) is 63.5 Å². The summed E-state index contributed by atoms with van der Waals surface area (Å²) < 4.78 is 0.832. The number of hydrogen-bond acceptors (Lipinski definition) is 5. The maximum Gasteiger partial charge on any atom is 0.337 e. The van der Waals surface area contributed by atoms with Gasteiger partial charge in [0.15, 0.2) is 0 Å². The van der Waals surface area contributed by atoms with Crippen molar-refractivity contribution >= 4 is 62.3 Å². The molecule has 0 saturated heterocycles. The lowest BCUT2D eigenvalue weighted by atomic mass is 10.1. The van der Waals surface area contributed by atoms with E-state index in [0.29, 0.717) is 30.8 Å². The fourth-order valence-electron chi connectivity index (χ4n) is 3.06. The van der Waals surface area contributed by atoms with E-state index in [1.807, 2.05) is 18.2 Å². The van der Waals surface area contributed by atoms with Crippen LogP contribution < -0.4 is 16.4 Å². The largest absolute Gasteiger partial charge is 0.478 e. The molecule has 0 aliphatic carbocycles. The van der Waals surface area contributed by atoms with Crippen LogP contribution in [0.4, 0.5) is 5.69 Å². The Morgan fingerprint density at radius 1 is 1.09 bits per heavy atom. The molecule has 8 nitrogen and oxygen atoms in total. The number of fused-ring (bicyclic) bond motifs is 1. The van der Waals surface area contributed by atoms with Crippen LogP contribution in [0.25, 0.3) is 10.1 Å². The zero-order valence-electron chi connectivity index (χ0n) is 16.9. The monoisotopic (exact) mass is 472 g/mol. The number of carboxylic acid groups (broad SMARTS) is 1. The Morgan fingerprint density at radius 2 is 1.84 bits per heavy atom. The van der Waals surface area contributed by atoms with Gasteiger partial charge >= 0.3 is 5.97 Å². The van der Waals surface area contributed by atoms with Crippen LogP contribution in [0.15, 0.2) is 42.5 Å². The van der Waals surface area contributed by atoms with E-state index in [4.69, 9.17) is 22.7 Å². The van der Waals surface area contributed by atoms with Gasteiger partial charge in [-0.1, -0.05) is 29.8 Å². The Morgan fingerprint density at radius 3 is 2.53 bits per heavy atom. The second kappa shape index (κ2) is 10.3. The normalized spacial score (nSPS) is 10.7. The van der Waals surface area contributed by atoms with Crippen LogP contribution in [0.3, 0.4) is 0 Å². The molecule has 0 bridgehead atoms. The quantitative estimate of drug-likeness (QED) is 0.178. The third-order valence-corrected chi connectivity index (χ3v) is 6.33. The van der Waals surface area contributed by atoms with Gasteiger partial charge in [0, 0.05) is 28.6 Å². The first kappa shape index (κ1) is 23.2. The molecule has 0 spiro atoms. The molecular weight excluding hydrogens is 452 g/mol. The summed E-state index contributed by atoms with van der Waals surface area (Å²) in [6, 6.07) is 11.3. The number of rotatable bonds is 9. The number of anilines is 1. The van der Waals surface area contributed by atoms with E-state index >= 15 is 0 Å². The van der Waals surface area contributed by atoms with Crippen LogP contribution in [-0.4, -0.2) is 35.3 Å². The van der Waals surface area contributed by atoms with Gasteiger partial charge in [-0.2, -0.15) is 0 Å². The average Bonchev–Trinajstić information content (AvgIpc) is 3.10. The number of nitrogens with one attached hydrogen (secondary N) is 3. The Labute approximate surface area is 192 Å². The van der Waals surface area contributed by atoms with Crippen LogP contribution in [0.2, 0.25) is 5.02 Å². The molecule has 0 radical (unpaired) electrons. The van der Waals surface area contributed by atoms with Crippen molar-refractivity contribution in [1.29, 1.82) is 5.41 Å². The predicted octanol–water partition coefficient (Wildman–Crippen LogP) is 4.34. The van der Waals surface area contributed by atoms with E-state index in [1.165, 1.54) is 29.5 Å². The molecule has 2 amide bonds. The van der Waals surface area contributed by atoms with Crippen molar-refractivity contribution in [2.75, 3.05) is 11.9 Å². The molecule has 3 aromatic rings. The van der Waals surface area contributed by atoms with Crippen molar-refractivity contribution in [1.82, 2.24) is 5.32 Å². The summed E-state index contributed by atoms with van der Waals surface area (Å²) in [7, 11) is 0. The second-order valence-corrected chi connectivity index (χ2v) is 8.43. The van der Waals surface area contributed by atoms with Crippen molar-refractivity contribution in [2.45, 2.75) is 19.3 Å². The zero-order chi connectivity index (χ0) is 23.3. The number of amidine groups is 1. The SMILES string of the molecule is N=C(N)CCCCNC(=O)c1ccc(C(=O)O)c(NC(=O)c2sc3ccccc3c2Cl)c1. The third kappa shape index (κ3) is 5.43. The first-order valence-corrected chi connectivity index (χ1v) is 10.9. The summed E-state index contributed by atoms with van der Waals surface area (Å²) in [5.74, 6) is -2.10. The summed E-state index contributed by atoms with van der Waals surface area (Å²) in [4.78, 5) is 37.2. The number of carbonyl (C=O) groups excluding carboxylic acids is 2. The van der Waals surface area contributed by atoms with E-state index in [0.717, 1.165) is 10.1 Å². The fraction of sp³-hybridized carbons (Fsp3) is 0.182. The van der Waals surface area contributed by atoms with Crippen LogP contribution in [0.1, 0.15) is 49.7 Å². The first-order valence-electron chi connectivity index (χ1n) is 9.74. The number of halogens is 1. The van der Waals surface area contributed by atoms with Gasteiger partial charge in [0.05, 0.1) is 22.1 Å². The molecule has 10 heteroatoms. The lowest BCUT2D eigenvalue weighted by Gasteiger charge is -2.11. The number of thiophene rings is 1. The highest BCUT2D eigenvalue weighted by Crippen LogP contribution is 2.35. The van der Waals surface area contributed by atoms with Crippen molar-refractivity contribution in [3.8, 4) is 0 Å². The van der Waals surface area contributed by atoms with Crippen LogP contribution >= 0.6 is 22.9 Å². The minimum absolute atomic E-state index is 0.000234. The van der Waals surface area contributed by atoms with E-state index in [1.54, 1.807) is 6.07 Å². The van der Waals surface area contributed by atoms with Crippen molar-refractivity contribution < 1.29 is 19.5 Å². The first-order chi connectivity index (χ1) is 15.3. The lowest BCUT2D eigenvalue weighted by molar-refractivity contribution is 0.0697. The average molecular weight is 473 g/mol. The summed E-state index contributed by atoms with van der Waals surface area (Å²) in [6.45, 7) is 0.381. The molecule has 2 aromatic carbocycles. The van der Waals surface area contributed by atoms with Gasteiger partial charge in [-0.15, -0.1) is 11.3 Å². The molecule has 1 aromatic heterocycles. The third-order valence-electron chi connectivity index (χ3n) is 4.66. The minimum atomic E-state index is -1.24. The minimum Gasteiger partial charge on any atom is -0.478 e. The van der Waals surface area contributed by atoms with Crippen LogP contribution in [-0.2, 0) is 0 Å². The fourth-order valence-corrected chi connectivity index (χ4v) is 4.47. The maximum atomic E-state index is 12.9. The molecule has 0 aliphatic rings. The number of benzene rings is 2. The molecule has 0 aliphatic heterocycles. The maximum absolute atomic E-state index is 12.9. The van der Waals surface area contributed by atoms with Crippen molar-refractivity contribution in [3.63, 3.8) is 0 Å². The van der Waals surface area contributed by atoms with Gasteiger partial charge in [0.1, 0.15) is 4.88 Å². The van der Waals surface area contributed by atoms with Gasteiger partial charge in [0.25, 0.3) is 11.8 Å². The number of carbonyl (C=O) groups is 3. The second-order valence-electron chi connectivity index (χ2n) is 7.00. The Hall–Kier alpha value is -3.43. The number of amides is 2. The van der Waals surface area contributed by atoms with E-state index in [-0.39, 0.29) is 27.5 Å². The molecule has 0 saturated carbocycles. The number of hydrogen-bond donors (Lipinski definition) is 5. The summed E-state index contributed by atoms with van der Waals surface area (Å²) in [5.41, 5.74) is 5.36. The van der Waals surface area contributed by atoms with Gasteiger partial charge < -0.3 is 21.5 Å². The number of nitrogens with two attached hydrogens (primary N) is 1. The number of carboxylic acids is 1. The highest BCUT2D eigenvalue weighted by Gasteiger charge is 2.20. The van der Waals surface area contributed by atoms with Crippen LogP contribution in [0.5, 0.6) is 0 Å². The Balaban J connectivity index is 1.77. The molecule has 32 heavy (non-hydrogen) atoms. The molecule has 6 N–H and O–H groups in total. The molecule has 3 rings (SSSR count). The summed E-state index contributed by atoms with van der Waals surface area (Å²) in [6.07, 6.45) is 1.77. The van der Waals surface area contributed by atoms with Gasteiger partial charge in [-0.25, -0.2) is 4.79 Å². The lowest BCUT2D eigenvalue weighted by Crippen LogP contribution is -2.25.